The minimum Gasteiger partial charge on any atom is -0.396 e. The lowest BCUT2D eigenvalue weighted by Crippen LogP contribution is -2.48. The third-order valence-corrected chi connectivity index (χ3v) is 3.91. The van der Waals surface area contributed by atoms with Crippen LogP contribution in [0.1, 0.15) is 46.5 Å². The Morgan fingerprint density at radius 1 is 1.40 bits per heavy atom. The molecule has 116 valence electrons. The Morgan fingerprint density at radius 3 is 2.65 bits per heavy atom. The highest BCUT2D eigenvalue weighted by molar-refractivity contribution is 5.82. The number of aliphatic hydroxyl groups is 1. The minimum absolute atomic E-state index is 0.0189. The standard InChI is InChI=1S/C15H28N2O3/c1-4-13(7-9-18)16-14(19)12-6-5-8-17(10-12)15(20)11(2)3/h11-13,18H,4-10H2,1-3H3,(H,16,19). The summed E-state index contributed by atoms with van der Waals surface area (Å²) in [5.41, 5.74) is 0. The quantitative estimate of drug-likeness (QED) is 0.769. The molecule has 0 aromatic rings. The molecule has 0 aliphatic carbocycles. The van der Waals surface area contributed by atoms with Gasteiger partial charge in [0.05, 0.1) is 5.92 Å². The van der Waals surface area contributed by atoms with Crippen molar-refractivity contribution >= 4 is 11.8 Å². The van der Waals surface area contributed by atoms with Crippen molar-refractivity contribution in [3.8, 4) is 0 Å². The van der Waals surface area contributed by atoms with E-state index in [0.29, 0.717) is 13.0 Å². The smallest absolute Gasteiger partial charge is 0.225 e. The first-order chi connectivity index (χ1) is 9.49. The SMILES string of the molecule is CCC(CCO)NC(=O)C1CCCN(C(=O)C(C)C)C1. The van der Waals surface area contributed by atoms with Crippen molar-refractivity contribution in [3.63, 3.8) is 0 Å². The zero-order valence-corrected chi connectivity index (χ0v) is 12.9. The van der Waals surface area contributed by atoms with Crippen molar-refractivity contribution < 1.29 is 14.7 Å². The summed E-state index contributed by atoms with van der Waals surface area (Å²) >= 11 is 0. The van der Waals surface area contributed by atoms with E-state index in [9.17, 15) is 9.59 Å². The Bertz CT molecular complexity index is 331. The van der Waals surface area contributed by atoms with Gasteiger partial charge in [-0.15, -0.1) is 0 Å². The van der Waals surface area contributed by atoms with E-state index >= 15 is 0 Å². The van der Waals surface area contributed by atoms with E-state index in [4.69, 9.17) is 5.11 Å². The van der Waals surface area contributed by atoms with E-state index in [0.717, 1.165) is 25.8 Å². The van der Waals surface area contributed by atoms with Gasteiger partial charge in [-0.05, 0) is 25.7 Å². The van der Waals surface area contributed by atoms with Gasteiger partial charge in [-0.1, -0.05) is 20.8 Å². The average molecular weight is 284 g/mol. The molecule has 0 bridgehead atoms. The number of rotatable bonds is 6. The number of likely N-dealkylation sites (tertiary alicyclic amines) is 1. The molecule has 1 aliphatic heterocycles. The van der Waals surface area contributed by atoms with Gasteiger partial charge in [0.15, 0.2) is 0 Å². The van der Waals surface area contributed by atoms with Crippen LogP contribution in [0.5, 0.6) is 0 Å². The molecule has 0 spiro atoms. The van der Waals surface area contributed by atoms with Crippen LogP contribution in [-0.2, 0) is 9.59 Å². The zero-order chi connectivity index (χ0) is 15.1. The van der Waals surface area contributed by atoms with E-state index in [1.54, 1.807) is 0 Å². The maximum atomic E-state index is 12.2. The number of nitrogens with zero attached hydrogens (tertiary/aromatic N) is 1. The Kier molecular flexibility index (Phi) is 6.99. The van der Waals surface area contributed by atoms with Gasteiger partial charge in [0.1, 0.15) is 0 Å². The van der Waals surface area contributed by atoms with Crippen molar-refractivity contribution in [2.75, 3.05) is 19.7 Å². The van der Waals surface area contributed by atoms with E-state index in [1.165, 1.54) is 0 Å². The molecular formula is C15H28N2O3. The van der Waals surface area contributed by atoms with Crippen molar-refractivity contribution in [2.24, 2.45) is 11.8 Å². The molecule has 5 nitrogen and oxygen atoms in total. The van der Waals surface area contributed by atoms with Crippen molar-refractivity contribution in [1.29, 1.82) is 0 Å². The van der Waals surface area contributed by atoms with Crippen molar-refractivity contribution in [2.45, 2.75) is 52.5 Å². The predicted octanol–water partition coefficient (Wildman–Crippen LogP) is 1.16. The minimum atomic E-state index is -0.112. The summed E-state index contributed by atoms with van der Waals surface area (Å²) in [6.45, 7) is 7.14. The molecule has 2 unspecified atom stereocenters. The molecule has 0 radical (unpaired) electrons. The van der Waals surface area contributed by atoms with Crippen LogP contribution in [0.15, 0.2) is 0 Å². The Morgan fingerprint density at radius 2 is 2.10 bits per heavy atom. The molecule has 1 rings (SSSR count). The number of hydrogen-bond donors (Lipinski definition) is 2. The van der Waals surface area contributed by atoms with E-state index in [2.05, 4.69) is 5.32 Å². The van der Waals surface area contributed by atoms with Gasteiger partial charge in [0, 0.05) is 31.7 Å². The molecule has 0 aromatic heterocycles. The molecule has 1 heterocycles. The maximum Gasteiger partial charge on any atom is 0.225 e. The summed E-state index contributed by atoms with van der Waals surface area (Å²) in [6, 6.07) is 0.0312. The highest BCUT2D eigenvalue weighted by Crippen LogP contribution is 2.19. The lowest BCUT2D eigenvalue weighted by Gasteiger charge is -2.33. The number of carbonyl (C=O) groups is 2. The molecular weight excluding hydrogens is 256 g/mol. The van der Waals surface area contributed by atoms with E-state index in [-0.39, 0.29) is 36.3 Å². The van der Waals surface area contributed by atoms with Gasteiger partial charge >= 0.3 is 0 Å². The Hall–Kier alpha value is -1.10. The van der Waals surface area contributed by atoms with Gasteiger partial charge in [0.25, 0.3) is 0 Å². The van der Waals surface area contributed by atoms with Crippen LogP contribution >= 0.6 is 0 Å². The lowest BCUT2D eigenvalue weighted by atomic mass is 9.95. The lowest BCUT2D eigenvalue weighted by molar-refractivity contribution is -0.138. The van der Waals surface area contributed by atoms with Crippen LogP contribution in [0, 0.1) is 11.8 Å². The number of piperidine rings is 1. The highest BCUT2D eigenvalue weighted by atomic mass is 16.3. The first-order valence-electron chi connectivity index (χ1n) is 7.69. The Labute approximate surface area is 121 Å². The largest absolute Gasteiger partial charge is 0.396 e. The molecule has 0 saturated carbocycles. The number of nitrogens with one attached hydrogen (secondary N) is 1. The fourth-order valence-corrected chi connectivity index (χ4v) is 2.61. The molecule has 0 aromatic carbocycles. The van der Waals surface area contributed by atoms with Gasteiger partial charge < -0.3 is 15.3 Å². The summed E-state index contributed by atoms with van der Waals surface area (Å²) < 4.78 is 0. The van der Waals surface area contributed by atoms with Gasteiger partial charge in [0.2, 0.25) is 11.8 Å². The first kappa shape index (κ1) is 17.0. The van der Waals surface area contributed by atoms with Crippen molar-refractivity contribution in [1.82, 2.24) is 10.2 Å². The molecule has 1 fully saturated rings. The van der Waals surface area contributed by atoms with E-state index < -0.39 is 0 Å². The summed E-state index contributed by atoms with van der Waals surface area (Å²) in [5, 5.41) is 12.0. The molecule has 1 saturated heterocycles. The maximum absolute atomic E-state index is 12.2. The molecule has 2 amide bonds. The highest BCUT2D eigenvalue weighted by Gasteiger charge is 2.29. The normalized spacial score (nSPS) is 20.9. The monoisotopic (exact) mass is 284 g/mol. The zero-order valence-electron chi connectivity index (χ0n) is 12.9. The van der Waals surface area contributed by atoms with Gasteiger partial charge in [-0.25, -0.2) is 0 Å². The second-order valence-electron chi connectivity index (χ2n) is 5.90. The van der Waals surface area contributed by atoms with Crippen LogP contribution in [0.4, 0.5) is 0 Å². The summed E-state index contributed by atoms with van der Waals surface area (Å²) in [7, 11) is 0. The molecule has 5 heteroatoms. The summed E-state index contributed by atoms with van der Waals surface area (Å²) in [5.74, 6) is 0.0187. The third kappa shape index (κ3) is 4.78. The second kappa shape index (κ2) is 8.25. The van der Waals surface area contributed by atoms with Gasteiger partial charge in [-0.3, -0.25) is 9.59 Å². The molecule has 2 atom stereocenters. The van der Waals surface area contributed by atoms with Crippen molar-refractivity contribution in [3.05, 3.63) is 0 Å². The topological polar surface area (TPSA) is 69.6 Å². The first-order valence-corrected chi connectivity index (χ1v) is 7.69. The number of aliphatic hydroxyl groups excluding tert-OH is 1. The fourth-order valence-electron chi connectivity index (χ4n) is 2.61. The molecule has 1 aliphatic rings. The van der Waals surface area contributed by atoms with Crippen LogP contribution in [0.3, 0.4) is 0 Å². The number of hydrogen-bond acceptors (Lipinski definition) is 3. The van der Waals surface area contributed by atoms with Crippen LogP contribution < -0.4 is 5.32 Å². The average Bonchev–Trinajstić information content (AvgIpc) is 2.45. The van der Waals surface area contributed by atoms with E-state index in [1.807, 2.05) is 25.7 Å². The van der Waals surface area contributed by atoms with Crippen LogP contribution in [0.2, 0.25) is 0 Å². The molecule has 2 N–H and O–H groups in total. The predicted molar refractivity (Wildman–Crippen MR) is 78.1 cm³/mol. The number of carbonyl (C=O) groups excluding carboxylic acids is 2. The second-order valence-corrected chi connectivity index (χ2v) is 5.90. The fraction of sp³-hybridized carbons (Fsp3) is 0.867. The van der Waals surface area contributed by atoms with Crippen LogP contribution in [0.25, 0.3) is 0 Å². The summed E-state index contributed by atoms with van der Waals surface area (Å²) in [6.07, 6.45) is 3.12. The number of amides is 2. The van der Waals surface area contributed by atoms with Gasteiger partial charge in [-0.2, -0.15) is 0 Å². The van der Waals surface area contributed by atoms with Crippen LogP contribution in [-0.4, -0.2) is 47.6 Å². The summed E-state index contributed by atoms with van der Waals surface area (Å²) in [4.78, 5) is 26.1. The third-order valence-electron chi connectivity index (χ3n) is 3.91. The molecule has 20 heavy (non-hydrogen) atoms. The Balaban J connectivity index is 2.53.